The molecule has 0 spiro atoms. The van der Waals surface area contributed by atoms with Gasteiger partial charge in [0.2, 0.25) is 5.89 Å². The number of oxazole rings is 1. The second-order valence-electron chi connectivity index (χ2n) is 5.95. The molecule has 0 radical (unpaired) electrons. The van der Waals surface area contributed by atoms with E-state index in [1.807, 2.05) is 6.20 Å². The summed E-state index contributed by atoms with van der Waals surface area (Å²) in [6.07, 6.45) is 9.92. The van der Waals surface area contributed by atoms with E-state index in [9.17, 15) is 0 Å². The van der Waals surface area contributed by atoms with Crippen LogP contribution in [0.4, 0.5) is 0 Å². The minimum Gasteiger partial charge on any atom is -0.444 e. The fourth-order valence-corrected chi connectivity index (χ4v) is 2.67. The van der Waals surface area contributed by atoms with Gasteiger partial charge in [-0.15, -0.1) is 0 Å². The Morgan fingerprint density at radius 2 is 2.11 bits per heavy atom. The minimum absolute atomic E-state index is 0.668. The van der Waals surface area contributed by atoms with E-state index in [0.717, 1.165) is 37.1 Å². The third-order valence-electron chi connectivity index (χ3n) is 3.64. The maximum Gasteiger partial charge on any atom is 0.208 e. The molecule has 3 nitrogen and oxygen atoms in total. The highest BCUT2D eigenvalue weighted by molar-refractivity contribution is 4.96. The van der Waals surface area contributed by atoms with E-state index >= 15 is 0 Å². The van der Waals surface area contributed by atoms with Crippen molar-refractivity contribution in [3.63, 3.8) is 0 Å². The molecule has 0 atom stereocenters. The summed E-state index contributed by atoms with van der Waals surface area (Å²) >= 11 is 0. The van der Waals surface area contributed by atoms with Gasteiger partial charge in [-0.2, -0.15) is 0 Å². The van der Waals surface area contributed by atoms with E-state index < -0.39 is 0 Å². The van der Waals surface area contributed by atoms with Crippen LogP contribution in [0.2, 0.25) is 0 Å². The Morgan fingerprint density at radius 3 is 2.83 bits per heavy atom. The molecule has 1 fully saturated rings. The number of rotatable bonds is 6. The molecule has 0 bridgehead atoms. The molecule has 0 aliphatic heterocycles. The van der Waals surface area contributed by atoms with Gasteiger partial charge in [0.25, 0.3) is 0 Å². The van der Waals surface area contributed by atoms with Gasteiger partial charge in [-0.3, -0.25) is 0 Å². The highest BCUT2D eigenvalue weighted by Crippen LogP contribution is 2.26. The molecule has 18 heavy (non-hydrogen) atoms. The topological polar surface area (TPSA) is 38.1 Å². The first-order valence-electron chi connectivity index (χ1n) is 7.38. The van der Waals surface area contributed by atoms with Crippen molar-refractivity contribution in [2.24, 2.45) is 11.8 Å². The van der Waals surface area contributed by atoms with Gasteiger partial charge in [0.1, 0.15) is 5.76 Å². The van der Waals surface area contributed by atoms with Gasteiger partial charge < -0.3 is 9.73 Å². The quantitative estimate of drug-likeness (QED) is 0.839. The lowest BCUT2D eigenvalue weighted by Crippen LogP contribution is -2.19. The maximum atomic E-state index is 5.79. The molecular weight excluding hydrogens is 224 g/mol. The first kappa shape index (κ1) is 13.6. The fourth-order valence-electron chi connectivity index (χ4n) is 2.67. The number of aromatic nitrogens is 1. The monoisotopic (exact) mass is 250 g/mol. The lowest BCUT2D eigenvalue weighted by molar-refractivity contribution is 0.326. The Morgan fingerprint density at radius 1 is 1.33 bits per heavy atom. The van der Waals surface area contributed by atoms with Crippen molar-refractivity contribution >= 4 is 0 Å². The van der Waals surface area contributed by atoms with Gasteiger partial charge in [-0.1, -0.05) is 46.0 Å². The summed E-state index contributed by atoms with van der Waals surface area (Å²) in [6.45, 7) is 6.18. The molecule has 0 saturated heterocycles. The highest BCUT2D eigenvalue weighted by atomic mass is 16.4. The molecule has 1 aromatic rings. The SMILES string of the molecule is CC(C)CNCc1ncc(CC2CCCCC2)o1. The summed E-state index contributed by atoms with van der Waals surface area (Å²) < 4.78 is 5.79. The third-order valence-corrected chi connectivity index (χ3v) is 3.64. The molecule has 3 heteroatoms. The van der Waals surface area contributed by atoms with Gasteiger partial charge in [-0.25, -0.2) is 4.98 Å². The number of hydrogen-bond donors (Lipinski definition) is 1. The van der Waals surface area contributed by atoms with E-state index in [2.05, 4.69) is 24.1 Å². The normalized spacial score (nSPS) is 17.5. The van der Waals surface area contributed by atoms with E-state index in [1.54, 1.807) is 0 Å². The molecular formula is C15H26N2O. The molecule has 1 saturated carbocycles. The van der Waals surface area contributed by atoms with Gasteiger partial charge >= 0.3 is 0 Å². The zero-order chi connectivity index (χ0) is 12.8. The summed E-state index contributed by atoms with van der Waals surface area (Å²) in [5, 5.41) is 3.36. The standard InChI is InChI=1S/C15H26N2O/c1-12(2)9-16-11-15-17-10-14(18-15)8-13-6-4-3-5-7-13/h10,12-13,16H,3-9,11H2,1-2H3. The molecule has 0 amide bonds. The van der Waals surface area contributed by atoms with Crippen molar-refractivity contribution in [2.75, 3.05) is 6.54 Å². The summed E-state index contributed by atoms with van der Waals surface area (Å²) in [5.74, 6) is 3.40. The average Bonchev–Trinajstić information content (AvgIpc) is 2.78. The highest BCUT2D eigenvalue weighted by Gasteiger charge is 2.16. The first-order valence-corrected chi connectivity index (χ1v) is 7.38. The van der Waals surface area contributed by atoms with Crippen molar-refractivity contribution in [1.29, 1.82) is 0 Å². The smallest absolute Gasteiger partial charge is 0.208 e. The average molecular weight is 250 g/mol. The number of nitrogens with one attached hydrogen (secondary N) is 1. The molecule has 1 aromatic heterocycles. The third kappa shape index (κ3) is 4.45. The molecule has 102 valence electrons. The molecule has 2 rings (SSSR count). The van der Waals surface area contributed by atoms with Crippen LogP contribution < -0.4 is 5.32 Å². The van der Waals surface area contributed by atoms with Gasteiger partial charge in [0.15, 0.2) is 0 Å². The second kappa shape index (κ2) is 6.93. The molecule has 0 aromatic carbocycles. The van der Waals surface area contributed by atoms with Crippen molar-refractivity contribution in [3.8, 4) is 0 Å². The van der Waals surface area contributed by atoms with Crippen LogP contribution >= 0.6 is 0 Å². The van der Waals surface area contributed by atoms with Crippen molar-refractivity contribution in [1.82, 2.24) is 10.3 Å². The van der Waals surface area contributed by atoms with E-state index in [4.69, 9.17) is 4.42 Å². The second-order valence-corrected chi connectivity index (χ2v) is 5.95. The Kier molecular flexibility index (Phi) is 5.24. The van der Waals surface area contributed by atoms with Crippen LogP contribution in [0.25, 0.3) is 0 Å². The fraction of sp³-hybridized carbons (Fsp3) is 0.800. The summed E-state index contributed by atoms with van der Waals surface area (Å²) in [4.78, 5) is 4.35. The Hall–Kier alpha value is -0.830. The molecule has 1 heterocycles. The largest absolute Gasteiger partial charge is 0.444 e. The van der Waals surface area contributed by atoms with Crippen LogP contribution in [0.15, 0.2) is 10.6 Å². The first-order chi connectivity index (χ1) is 8.74. The van der Waals surface area contributed by atoms with Crippen molar-refractivity contribution in [2.45, 2.75) is 58.9 Å². The zero-order valence-corrected chi connectivity index (χ0v) is 11.7. The van der Waals surface area contributed by atoms with Crippen LogP contribution in [-0.4, -0.2) is 11.5 Å². The lowest BCUT2D eigenvalue weighted by Gasteiger charge is -2.19. The lowest BCUT2D eigenvalue weighted by atomic mass is 9.86. The van der Waals surface area contributed by atoms with Gasteiger partial charge in [0, 0.05) is 6.42 Å². The predicted molar refractivity (Wildman–Crippen MR) is 73.3 cm³/mol. The Labute approximate surface area is 110 Å². The molecule has 1 N–H and O–H groups in total. The molecule has 0 unspecified atom stereocenters. The van der Waals surface area contributed by atoms with Crippen LogP contribution in [0, 0.1) is 11.8 Å². The van der Waals surface area contributed by atoms with Crippen LogP contribution in [0.1, 0.15) is 57.6 Å². The van der Waals surface area contributed by atoms with E-state index in [1.165, 1.54) is 32.1 Å². The van der Waals surface area contributed by atoms with Crippen LogP contribution in [0.3, 0.4) is 0 Å². The van der Waals surface area contributed by atoms with Crippen LogP contribution in [0.5, 0.6) is 0 Å². The summed E-state index contributed by atoms with van der Waals surface area (Å²) in [7, 11) is 0. The van der Waals surface area contributed by atoms with Crippen LogP contribution in [-0.2, 0) is 13.0 Å². The molecule has 1 aliphatic carbocycles. The molecule has 1 aliphatic rings. The summed E-state index contributed by atoms with van der Waals surface area (Å²) in [6, 6.07) is 0. The Balaban J connectivity index is 1.74. The maximum absolute atomic E-state index is 5.79. The summed E-state index contributed by atoms with van der Waals surface area (Å²) in [5.41, 5.74) is 0. The zero-order valence-electron chi connectivity index (χ0n) is 11.7. The number of nitrogens with zero attached hydrogens (tertiary/aromatic N) is 1. The van der Waals surface area contributed by atoms with Crippen molar-refractivity contribution < 1.29 is 4.42 Å². The van der Waals surface area contributed by atoms with E-state index in [0.29, 0.717) is 5.92 Å². The number of hydrogen-bond acceptors (Lipinski definition) is 3. The van der Waals surface area contributed by atoms with Gasteiger partial charge in [0.05, 0.1) is 12.7 Å². The van der Waals surface area contributed by atoms with E-state index in [-0.39, 0.29) is 0 Å². The Bertz CT molecular complexity index is 340. The predicted octanol–water partition coefficient (Wildman–Crippen LogP) is 3.54. The van der Waals surface area contributed by atoms with Crippen molar-refractivity contribution in [3.05, 3.63) is 17.8 Å². The van der Waals surface area contributed by atoms with Gasteiger partial charge in [-0.05, 0) is 18.4 Å². The minimum atomic E-state index is 0.668.